The van der Waals surface area contributed by atoms with Crippen LogP contribution < -0.4 is 0 Å². The van der Waals surface area contributed by atoms with Gasteiger partial charge in [0.05, 0.1) is 12.2 Å². The first-order chi connectivity index (χ1) is 6.70. The van der Waals surface area contributed by atoms with Gasteiger partial charge in [0.15, 0.2) is 6.29 Å². The van der Waals surface area contributed by atoms with Gasteiger partial charge in [0.1, 0.15) is 5.69 Å². The summed E-state index contributed by atoms with van der Waals surface area (Å²) in [6.07, 6.45) is 2.25. The minimum Gasteiger partial charge on any atom is -0.339 e. The summed E-state index contributed by atoms with van der Waals surface area (Å²) >= 11 is 0. The first kappa shape index (κ1) is 8.86. The molecule has 1 aliphatic rings. The van der Waals surface area contributed by atoms with E-state index in [0.717, 1.165) is 0 Å². The molecule has 1 aromatic rings. The van der Waals surface area contributed by atoms with E-state index < -0.39 is 0 Å². The predicted octanol–water partition coefficient (Wildman–Crippen LogP) is -0.506. The summed E-state index contributed by atoms with van der Waals surface area (Å²) in [4.78, 5) is 22.9. The second kappa shape index (κ2) is 3.21. The van der Waals surface area contributed by atoms with Crippen LogP contribution in [0.3, 0.4) is 0 Å². The number of nitrogens with zero attached hydrogens (tertiary/aromatic N) is 4. The molecule has 74 valence electrons. The third kappa shape index (κ3) is 1.39. The van der Waals surface area contributed by atoms with Crippen molar-refractivity contribution in [1.82, 2.24) is 19.9 Å². The van der Waals surface area contributed by atoms with Crippen molar-refractivity contribution in [3.05, 3.63) is 11.9 Å². The summed E-state index contributed by atoms with van der Waals surface area (Å²) in [5.41, 5.74) is 0.325. The molecule has 6 nitrogen and oxygen atoms in total. The second-order valence-corrected chi connectivity index (χ2v) is 3.32. The third-order valence-electron chi connectivity index (χ3n) is 2.33. The van der Waals surface area contributed by atoms with Crippen LogP contribution in [0.15, 0.2) is 6.20 Å². The number of amides is 1. The number of likely N-dealkylation sites (tertiary alicyclic amines) is 1. The van der Waals surface area contributed by atoms with Gasteiger partial charge in [-0.05, 0) is 0 Å². The predicted molar refractivity (Wildman–Crippen MR) is 46.7 cm³/mol. The normalized spacial score (nSPS) is 16.5. The zero-order chi connectivity index (χ0) is 10.1. The zero-order valence-electron chi connectivity index (χ0n) is 7.75. The molecule has 0 N–H and O–H groups in total. The Bertz CT molecular complexity index is 367. The van der Waals surface area contributed by atoms with E-state index in [1.54, 1.807) is 15.8 Å². The Morgan fingerprint density at radius 2 is 2.36 bits per heavy atom. The molecule has 0 bridgehead atoms. The van der Waals surface area contributed by atoms with Crippen LogP contribution in [0, 0.1) is 0 Å². The fourth-order valence-electron chi connectivity index (χ4n) is 1.40. The van der Waals surface area contributed by atoms with Gasteiger partial charge in [-0.1, -0.05) is 5.21 Å². The Kier molecular flexibility index (Phi) is 2.03. The topological polar surface area (TPSA) is 68.1 Å². The standard InChI is InChI=1S/C8H10N4O2/c1-6(14)11-3-8(4-11)12-2-7(5-13)9-10-12/h2,5,8H,3-4H2,1H3. The van der Waals surface area contributed by atoms with Crippen molar-refractivity contribution in [3.63, 3.8) is 0 Å². The SMILES string of the molecule is CC(=O)N1CC(n2cc(C=O)nn2)C1. The quantitative estimate of drug-likeness (QED) is 0.595. The van der Waals surface area contributed by atoms with Crippen molar-refractivity contribution in [2.45, 2.75) is 13.0 Å². The highest BCUT2D eigenvalue weighted by molar-refractivity contribution is 5.74. The van der Waals surface area contributed by atoms with Gasteiger partial charge in [-0.3, -0.25) is 9.59 Å². The van der Waals surface area contributed by atoms with Crippen LogP contribution in [-0.2, 0) is 4.79 Å². The molecule has 0 saturated carbocycles. The molecule has 0 aromatic carbocycles. The number of hydrogen-bond acceptors (Lipinski definition) is 4. The summed E-state index contributed by atoms with van der Waals surface area (Å²) in [6, 6.07) is 0.167. The van der Waals surface area contributed by atoms with Crippen molar-refractivity contribution >= 4 is 12.2 Å². The lowest BCUT2D eigenvalue weighted by molar-refractivity contribution is -0.134. The van der Waals surface area contributed by atoms with Gasteiger partial charge in [-0.25, -0.2) is 4.68 Å². The molecule has 0 spiro atoms. The molecule has 1 amide bonds. The second-order valence-electron chi connectivity index (χ2n) is 3.32. The van der Waals surface area contributed by atoms with Crippen LogP contribution in [0.25, 0.3) is 0 Å². The summed E-state index contributed by atoms with van der Waals surface area (Å²) in [7, 11) is 0. The summed E-state index contributed by atoms with van der Waals surface area (Å²) in [5, 5.41) is 7.45. The van der Waals surface area contributed by atoms with E-state index >= 15 is 0 Å². The highest BCUT2D eigenvalue weighted by atomic mass is 16.2. The number of hydrogen-bond donors (Lipinski definition) is 0. The lowest BCUT2D eigenvalue weighted by Crippen LogP contribution is -2.50. The summed E-state index contributed by atoms with van der Waals surface area (Å²) < 4.78 is 1.63. The molecule has 2 rings (SSSR count). The van der Waals surface area contributed by atoms with E-state index in [4.69, 9.17) is 0 Å². The minimum absolute atomic E-state index is 0.0666. The highest BCUT2D eigenvalue weighted by Crippen LogP contribution is 2.19. The maximum Gasteiger partial charge on any atom is 0.219 e. The van der Waals surface area contributed by atoms with E-state index in [2.05, 4.69) is 10.3 Å². The largest absolute Gasteiger partial charge is 0.339 e. The molecule has 6 heteroatoms. The van der Waals surface area contributed by atoms with Crippen LogP contribution in [0.4, 0.5) is 0 Å². The molecule has 14 heavy (non-hydrogen) atoms. The van der Waals surface area contributed by atoms with Crippen molar-refractivity contribution in [3.8, 4) is 0 Å². The molecule has 1 aliphatic heterocycles. The average molecular weight is 194 g/mol. The van der Waals surface area contributed by atoms with Crippen molar-refractivity contribution in [2.24, 2.45) is 0 Å². The van der Waals surface area contributed by atoms with Crippen LogP contribution in [0.5, 0.6) is 0 Å². The van der Waals surface area contributed by atoms with Crippen LogP contribution >= 0.6 is 0 Å². The monoisotopic (exact) mass is 194 g/mol. The van der Waals surface area contributed by atoms with Gasteiger partial charge in [0.2, 0.25) is 5.91 Å². The van der Waals surface area contributed by atoms with Gasteiger partial charge in [0.25, 0.3) is 0 Å². The first-order valence-electron chi connectivity index (χ1n) is 4.33. The Balaban J connectivity index is 1.99. The fourth-order valence-corrected chi connectivity index (χ4v) is 1.40. The van der Waals surface area contributed by atoms with Crippen molar-refractivity contribution in [2.75, 3.05) is 13.1 Å². The molecule has 2 heterocycles. The highest BCUT2D eigenvalue weighted by Gasteiger charge is 2.30. The van der Waals surface area contributed by atoms with Crippen LogP contribution in [0.2, 0.25) is 0 Å². The van der Waals surface area contributed by atoms with E-state index in [-0.39, 0.29) is 11.9 Å². The number of carbonyl (C=O) groups excluding carboxylic acids is 2. The lowest BCUT2D eigenvalue weighted by Gasteiger charge is -2.38. The molecular weight excluding hydrogens is 184 g/mol. The molecule has 1 aromatic heterocycles. The maximum absolute atomic E-state index is 10.9. The molecule has 0 atom stereocenters. The van der Waals surface area contributed by atoms with Crippen LogP contribution in [-0.4, -0.2) is 45.2 Å². The van der Waals surface area contributed by atoms with Crippen molar-refractivity contribution < 1.29 is 9.59 Å². The maximum atomic E-state index is 10.9. The average Bonchev–Trinajstić information content (AvgIpc) is 2.49. The Labute approximate surface area is 80.5 Å². The third-order valence-corrected chi connectivity index (χ3v) is 2.33. The number of aromatic nitrogens is 3. The van der Waals surface area contributed by atoms with Gasteiger partial charge in [-0.2, -0.15) is 0 Å². The number of carbonyl (C=O) groups is 2. The fraction of sp³-hybridized carbons (Fsp3) is 0.500. The first-order valence-corrected chi connectivity index (χ1v) is 4.33. The van der Waals surface area contributed by atoms with E-state index in [1.807, 2.05) is 0 Å². The lowest BCUT2D eigenvalue weighted by atomic mass is 10.1. The summed E-state index contributed by atoms with van der Waals surface area (Å²) in [6.45, 7) is 2.84. The van der Waals surface area contributed by atoms with Gasteiger partial charge in [-0.15, -0.1) is 5.10 Å². The van der Waals surface area contributed by atoms with E-state index in [1.165, 1.54) is 6.92 Å². The summed E-state index contributed by atoms with van der Waals surface area (Å²) in [5.74, 6) is 0.0666. The zero-order valence-corrected chi connectivity index (χ0v) is 7.75. The Morgan fingerprint density at radius 1 is 1.64 bits per heavy atom. The van der Waals surface area contributed by atoms with Crippen LogP contribution in [0.1, 0.15) is 23.5 Å². The molecule has 0 unspecified atom stereocenters. The Hall–Kier alpha value is -1.72. The molecule has 0 aliphatic carbocycles. The molecule has 1 fully saturated rings. The smallest absolute Gasteiger partial charge is 0.219 e. The number of aldehydes is 1. The van der Waals surface area contributed by atoms with Gasteiger partial charge in [0, 0.05) is 20.0 Å². The number of rotatable bonds is 2. The molecule has 0 radical (unpaired) electrons. The minimum atomic E-state index is 0.0666. The van der Waals surface area contributed by atoms with Gasteiger partial charge < -0.3 is 4.90 Å². The van der Waals surface area contributed by atoms with E-state index in [0.29, 0.717) is 25.1 Å². The molecular formula is C8H10N4O2. The Morgan fingerprint density at radius 3 is 2.86 bits per heavy atom. The van der Waals surface area contributed by atoms with E-state index in [9.17, 15) is 9.59 Å². The van der Waals surface area contributed by atoms with Crippen molar-refractivity contribution in [1.29, 1.82) is 0 Å². The van der Waals surface area contributed by atoms with Gasteiger partial charge >= 0.3 is 0 Å². The molecule has 1 saturated heterocycles.